The lowest BCUT2D eigenvalue weighted by molar-refractivity contribution is -0.148. The largest absolute Gasteiger partial charge is 0.490 e. The number of phosphoric acid groups is 3. The lowest BCUT2D eigenvalue weighted by atomic mass is 9.94. The topological polar surface area (TPSA) is 320 Å². The van der Waals surface area contributed by atoms with Crippen molar-refractivity contribution < 1.29 is 70.5 Å². The first kappa shape index (κ1) is 35.5. The van der Waals surface area contributed by atoms with Crippen molar-refractivity contribution in [1.29, 1.82) is 0 Å². The Kier molecular flexibility index (Phi) is 10.3. The summed E-state index contributed by atoms with van der Waals surface area (Å²) in [5.41, 5.74) is 10.7. The second-order valence-electron chi connectivity index (χ2n) is 11.0. The third kappa shape index (κ3) is 9.82. The summed E-state index contributed by atoms with van der Waals surface area (Å²) in [6.45, 7) is 3.03. The van der Waals surface area contributed by atoms with E-state index >= 15 is 0 Å². The average molecular weight is 702 g/mol. The van der Waals surface area contributed by atoms with Crippen LogP contribution in [0.4, 0.5) is 5.95 Å². The van der Waals surface area contributed by atoms with Gasteiger partial charge >= 0.3 is 29.4 Å². The maximum atomic E-state index is 12.0. The van der Waals surface area contributed by atoms with Crippen molar-refractivity contribution in [2.45, 2.75) is 57.1 Å². The summed E-state index contributed by atoms with van der Waals surface area (Å²) in [6.07, 6.45) is 2.40. The van der Waals surface area contributed by atoms with Gasteiger partial charge in [0, 0.05) is 11.8 Å². The van der Waals surface area contributed by atoms with Crippen LogP contribution in [0.3, 0.4) is 0 Å². The van der Waals surface area contributed by atoms with Gasteiger partial charge < -0.3 is 50.4 Å². The van der Waals surface area contributed by atoms with Gasteiger partial charge in [0.2, 0.25) is 11.8 Å². The fourth-order valence-corrected chi connectivity index (χ4v) is 7.03. The van der Waals surface area contributed by atoms with Gasteiger partial charge in [-0.3, -0.25) is 13.9 Å². The van der Waals surface area contributed by atoms with Crippen LogP contribution >= 0.6 is 23.5 Å². The number of hydrogen-bond donors (Lipinski definition) is 7. The molecule has 0 amide bonds. The number of carbonyl (C=O) groups excluding carboxylic acids is 1. The maximum absolute atomic E-state index is 12.0. The lowest BCUT2D eigenvalue weighted by Crippen LogP contribution is -2.36. The highest BCUT2D eigenvalue weighted by molar-refractivity contribution is 7.66. The Morgan fingerprint density at radius 2 is 1.87 bits per heavy atom. The van der Waals surface area contributed by atoms with Crippen LogP contribution in [0, 0.1) is 5.41 Å². The van der Waals surface area contributed by atoms with E-state index in [9.17, 15) is 33.4 Å². The molecule has 0 bridgehead atoms. The zero-order valence-electron chi connectivity index (χ0n) is 23.8. The number of fused-ring (bicyclic) bond motifs is 1. The monoisotopic (exact) mass is 702 g/mol. The predicted octanol–water partition coefficient (Wildman–Crippen LogP) is 0.396. The fourth-order valence-electron chi connectivity index (χ4n) is 4.00. The van der Waals surface area contributed by atoms with Crippen LogP contribution in [-0.2, 0) is 41.1 Å². The smallest absolute Gasteiger partial charge is 0.472 e. The number of nitrogens with zero attached hydrogens (tertiary/aromatic N) is 4. The molecule has 4 rings (SSSR count). The number of carbonyl (C=O) groups is 1. The molecule has 2 aliphatic rings. The van der Waals surface area contributed by atoms with Gasteiger partial charge in [0.25, 0.3) is 0 Å². The molecule has 3 unspecified atom stereocenters. The first-order valence-corrected chi connectivity index (χ1v) is 17.6. The molecule has 21 nitrogen and oxygen atoms in total. The first-order valence-electron chi connectivity index (χ1n) is 13.1. The molecule has 24 heteroatoms. The second kappa shape index (κ2) is 13.0. The molecule has 1 aliphatic heterocycles. The zero-order chi connectivity index (χ0) is 33.4. The van der Waals surface area contributed by atoms with Crippen molar-refractivity contribution in [2.24, 2.45) is 11.1 Å². The van der Waals surface area contributed by atoms with E-state index in [1.807, 2.05) is 13.8 Å². The molecule has 2 aromatic heterocycles. The highest BCUT2D eigenvalue weighted by Gasteiger charge is 2.48. The molecule has 45 heavy (non-hydrogen) atoms. The number of aliphatic hydroxyl groups is 1. The molecule has 1 aliphatic carbocycles. The summed E-state index contributed by atoms with van der Waals surface area (Å²) in [4.78, 5) is 60.7. The zero-order valence-corrected chi connectivity index (χ0v) is 26.5. The van der Waals surface area contributed by atoms with Gasteiger partial charge in [0.1, 0.15) is 24.5 Å². The van der Waals surface area contributed by atoms with Crippen LogP contribution in [0.25, 0.3) is 11.2 Å². The van der Waals surface area contributed by atoms with Crippen molar-refractivity contribution in [2.75, 3.05) is 25.6 Å². The van der Waals surface area contributed by atoms with E-state index in [4.69, 9.17) is 35.5 Å². The molecule has 9 N–H and O–H groups in total. The van der Waals surface area contributed by atoms with Crippen molar-refractivity contribution in [3.05, 3.63) is 18.5 Å². The first-order chi connectivity index (χ1) is 20.7. The molecular weight excluding hydrogens is 669 g/mol. The fraction of sp³-hybridized carbons (Fsp3) is 0.619. The van der Waals surface area contributed by atoms with Crippen LogP contribution in [0.1, 0.15) is 39.3 Å². The van der Waals surface area contributed by atoms with Gasteiger partial charge in [-0.2, -0.15) is 18.6 Å². The Balaban J connectivity index is 1.36. The molecule has 5 atom stereocenters. The van der Waals surface area contributed by atoms with E-state index in [1.165, 1.54) is 10.9 Å². The van der Waals surface area contributed by atoms with E-state index in [-0.39, 0.29) is 42.6 Å². The lowest BCUT2D eigenvalue weighted by Gasteiger charge is -2.21. The minimum Gasteiger partial charge on any atom is -0.472 e. The predicted molar refractivity (Wildman–Crippen MR) is 150 cm³/mol. The van der Waals surface area contributed by atoms with Crippen molar-refractivity contribution >= 4 is 46.5 Å². The molecular formula is C21H33N6O15P3. The Hall–Kier alpha value is -2.35. The highest BCUT2D eigenvalue weighted by Crippen LogP contribution is 2.66. The van der Waals surface area contributed by atoms with Crippen LogP contribution in [0.5, 0.6) is 5.88 Å². The highest BCUT2D eigenvalue weighted by atomic mass is 31.3. The SMILES string of the molecule is CC(C)(/C=C/COc1nc(N)nc2c1ncn2[C@H]1CC(O)[C@@H](COP(=O)(O)OP(=O)(O)OP(=O)(O)O)O1)COC(=O)C1(N)CC1. The summed E-state index contributed by atoms with van der Waals surface area (Å²) in [7, 11) is -16.7. The number of nitrogen functional groups attached to an aromatic ring is 1. The van der Waals surface area contributed by atoms with E-state index < -0.39 is 65.4 Å². The minimum absolute atomic E-state index is 0.0340. The van der Waals surface area contributed by atoms with Crippen LogP contribution in [-0.4, -0.2) is 87.7 Å². The molecule has 0 radical (unpaired) electrons. The third-order valence-electron chi connectivity index (χ3n) is 6.39. The summed E-state index contributed by atoms with van der Waals surface area (Å²) < 4.78 is 64.3. The molecule has 2 aromatic rings. The van der Waals surface area contributed by atoms with Gasteiger partial charge in [0.15, 0.2) is 11.2 Å². The normalized spacial score (nSPS) is 24.4. The third-order valence-corrected chi connectivity index (χ3v) is 10.2. The van der Waals surface area contributed by atoms with Crippen molar-refractivity contribution in [3.63, 3.8) is 0 Å². The van der Waals surface area contributed by atoms with Gasteiger partial charge in [-0.1, -0.05) is 26.0 Å². The van der Waals surface area contributed by atoms with Crippen LogP contribution < -0.4 is 16.2 Å². The number of ether oxygens (including phenoxy) is 3. The number of esters is 1. The second-order valence-corrected chi connectivity index (χ2v) is 15.4. The number of nitrogens with two attached hydrogens (primary N) is 2. The van der Waals surface area contributed by atoms with Crippen molar-refractivity contribution in [1.82, 2.24) is 19.5 Å². The average Bonchev–Trinajstić information content (AvgIpc) is 3.32. The molecule has 1 saturated carbocycles. The Morgan fingerprint density at radius 3 is 2.51 bits per heavy atom. The van der Waals surface area contributed by atoms with E-state index in [2.05, 4.69) is 28.1 Å². The molecule has 3 heterocycles. The van der Waals surface area contributed by atoms with E-state index in [0.717, 1.165) is 0 Å². The Labute approximate surface area is 254 Å². The Morgan fingerprint density at radius 1 is 1.18 bits per heavy atom. The number of aromatic nitrogens is 4. The summed E-state index contributed by atoms with van der Waals surface area (Å²) in [5.74, 6) is -0.570. The van der Waals surface area contributed by atoms with Crippen molar-refractivity contribution in [3.8, 4) is 5.88 Å². The summed E-state index contributed by atoms with van der Waals surface area (Å²) in [5, 5.41) is 10.4. The summed E-state index contributed by atoms with van der Waals surface area (Å²) >= 11 is 0. The van der Waals surface area contributed by atoms with Crippen LogP contribution in [0.15, 0.2) is 18.5 Å². The molecule has 0 aromatic carbocycles. The molecule has 0 spiro atoms. The number of phosphoric ester groups is 1. The maximum Gasteiger partial charge on any atom is 0.490 e. The van der Waals surface area contributed by atoms with Gasteiger partial charge in [-0.05, 0) is 12.8 Å². The molecule has 252 valence electrons. The number of anilines is 1. The standard InChI is InChI=1S/C21H33N6O15P3/c1-20(2,10-38-18(29)21(23)5-6-21)4-3-7-37-17-15-16(25-19(22)26-17)27(11-24-15)14-8-12(28)13(40-14)9-39-44(33,34)42-45(35,36)41-43(30,31)32/h3-4,11-14,28H,5-10,23H2,1-2H3,(H,33,34)(H,35,36)(H2,22,25,26)(H2,30,31,32)/b4-3+/t12?,13-,14-/m1/s1. The number of hydrogen-bond acceptors (Lipinski definition) is 16. The molecule has 2 fully saturated rings. The number of rotatable bonds is 15. The van der Waals surface area contributed by atoms with E-state index in [0.29, 0.717) is 12.8 Å². The quantitative estimate of drug-likeness (QED) is 0.0750. The van der Waals surface area contributed by atoms with E-state index in [1.54, 1.807) is 12.2 Å². The van der Waals surface area contributed by atoms with Crippen LogP contribution in [0.2, 0.25) is 0 Å². The van der Waals surface area contributed by atoms with Gasteiger partial charge in [-0.15, -0.1) is 0 Å². The molecule has 1 saturated heterocycles. The Bertz CT molecular complexity index is 1590. The number of imidazole rings is 1. The summed E-state index contributed by atoms with van der Waals surface area (Å²) in [6, 6.07) is 0. The minimum atomic E-state index is -5.71. The van der Waals surface area contributed by atoms with Gasteiger partial charge in [0.05, 0.1) is 25.6 Å². The van der Waals surface area contributed by atoms with Gasteiger partial charge in [-0.25, -0.2) is 18.7 Å². The number of aliphatic hydroxyl groups excluding tert-OH is 1.